The molecular formula is C28H35N3O3. The van der Waals surface area contributed by atoms with Crippen LogP contribution in [-0.2, 0) is 14.9 Å². The average molecular weight is 462 g/mol. The molecule has 1 saturated heterocycles. The molecule has 2 aromatic carbocycles. The van der Waals surface area contributed by atoms with E-state index < -0.39 is 0 Å². The molecule has 1 aliphatic heterocycles. The summed E-state index contributed by atoms with van der Waals surface area (Å²) in [6.07, 6.45) is 6.58. The molecule has 6 heteroatoms. The van der Waals surface area contributed by atoms with E-state index in [2.05, 4.69) is 54.5 Å². The van der Waals surface area contributed by atoms with Gasteiger partial charge in [0.15, 0.2) is 0 Å². The highest BCUT2D eigenvalue weighted by Crippen LogP contribution is 2.43. The van der Waals surface area contributed by atoms with Crippen molar-refractivity contribution in [2.75, 3.05) is 38.8 Å². The van der Waals surface area contributed by atoms with Gasteiger partial charge in [0.2, 0.25) is 0 Å². The third kappa shape index (κ3) is 6.13. The molecule has 3 aromatic rings. The number of nitrogens with zero attached hydrogens (tertiary/aromatic N) is 2. The summed E-state index contributed by atoms with van der Waals surface area (Å²) in [7, 11) is 1.67. The Kier molecular flexibility index (Phi) is 7.80. The van der Waals surface area contributed by atoms with Crippen LogP contribution in [0.25, 0.3) is 11.3 Å². The molecule has 0 bridgehead atoms. The first-order valence-corrected chi connectivity index (χ1v) is 12.0. The molecule has 1 aliphatic rings. The van der Waals surface area contributed by atoms with Gasteiger partial charge < -0.3 is 19.5 Å². The van der Waals surface area contributed by atoms with Crippen LogP contribution in [0, 0.1) is 0 Å². The van der Waals surface area contributed by atoms with Crippen molar-refractivity contribution in [3.8, 4) is 17.0 Å². The summed E-state index contributed by atoms with van der Waals surface area (Å²) in [4.78, 5) is 9.23. The quantitative estimate of drug-likeness (QED) is 0.402. The van der Waals surface area contributed by atoms with Crippen LogP contribution in [-0.4, -0.2) is 49.0 Å². The van der Waals surface area contributed by atoms with Gasteiger partial charge in [0.05, 0.1) is 30.3 Å². The van der Waals surface area contributed by atoms with Crippen molar-refractivity contribution in [2.45, 2.75) is 44.1 Å². The van der Waals surface area contributed by atoms with E-state index in [-0.39, 0.29) is 11.0 Å². The maximum absolute atomic E-state index is 6.05. The number of rotatable bonds is 10. The number of aromatic nitrogens is 2. The molecule has 1 aromatic heterocycles. The molecule has 1 unspecified atom stereocenters. The summed E-state index contributed by atoms with van der Waals surface area (Å²) < 4.78 is 16.9. The molecule has 2 heterocycles. The first-order chi connectivity index (χ1) is 16.5. The van der Waals surface area contributed by atoms with Crippen LogP contribution in [0.2, 0.25) is 0 Å². The molecule has 0 spiro atoms. The van der Waals surface area contributed by atoms with E-state index in [1.54, 1.807) is 19.5 Å². The highest BCUT2D eigenvalue weighted by atomic mass is 16.5. The number of ether oxygens (including phenoxy) is 3. The van der Waals surface area contributed by atoms with Gasteiger partial charge in [-0.25, -0.2) is 4.98 Å². The highest BCUT2D eigenvalue weighted by molar-refractivity contribution is 5.61. The molecule has 0 radical (unpaired) electrons. The predicted octanol–water partition coefficient (Wildman–Crippen LogP) is 5.50. The Bertz CT molecular complexity index is 1060. The number of anilines is 1. The minimum Gasteiger partial charge on any atom is -0.491 e. The third-order valence-electron chi connectivity index (χ3n) is 6.45. The van der Waals surface area contributed by atoms with Crippen LogP contribution < -0.4 is 10.1 Å². The first-order valence-electron chi connectivity index (χ1n) is 12.0. The Hall–Kier alpha value is -2.96. The average Bonchev–Trinajstić information content (AvgIpc) is 2.85. The van der Waals surface area contributed by atoms with E-state index in [0.29, 0.717) is 13.2 Å². The molecule has 34 heavy (non-hydrogen) atoms. The highest BCUT2D eigenvalue weighted by Gasteiger charge is 2.41. The second-order valence-corrected chi connectivity index (χ2v) is 9.52. The Morgan fingerprint density at radius 2 is 1.88 bits per heavy atom. The van der Waals surface area contributed by atoms with E-state index >= 15 is 0 Å². The SMILES string of the molecule is COCCOc1cccc(-c2cncc(NCCC3(c4ccccc4)CCOC(C)(C)C3)n2)c1. The van der Waals surface area contributed by atoms with Crippen molar-refractivity contribution in [2.24, 2.45) is 0 Å². The van der Waals surface area contributed by atoms with Crippen LogP contribution in [0.1, 0.15) is 38.7 Å². The lowest BCUT2D eigenvalue weighted by Gasteiger charge is -2.45. The minimum absolute atomic E-state index is 0.0783. The zero-order valence-corrected chi connectivity index (χ0v) is 20.4. The van der Waals surface area contributed by atoms with Crippen molar-refractivity contribution < 1.29 is 14.2 Å². The molecule has 0 aliphatic carbocycles. The van der Waals surface area contributed by atoms with E-state index in [1.165, 1.54) is 5.56 Å². The van der Waals surface area contributed by atoms with Gasteiger partial charge in [0, 0.05) is 31.2 Å². The Balaban J connectivity index is 1.45. The second-order valence-electron chi connectivity index (χ2n) is 9.52. The van der Waals surface area contributed by atoms with Crippen molar-refractivity contribution in [3.05, 3.63) is 72.6 Å². The van der Waals surface area contributed by atoms with Gasteiger partial charge in [-0.1, -0.05) is 42.5 Å². The van der Waals surface area contributed by atoms with E-state index in [1.807, 2.05) is 24.3 Å². The summed E-state index contributed by atoms with van der Waals surface area (Å²) in [5.74, 6) is 1.57. The fourth-order valence-corrected chi connectivity index (χ4v) is 4.88. The largest absolute Gasteiger partial charge is 0.491 e. The lowest BCUT2D eigenvalue weighted by molar-refractivity contribution is -0.0835. The predicted molar refractivity (Wildman–Crippen MR) is 135 cm³/mol. The molecule has 0 saturated carbocycles. The molecular weight excluding hydrogens is 426 g/mol. The lowest BCUT2D eigenvalue weighted by Crippen LogP contribution is -2.44. The van der Waals surface area contributed by atoms with Gasteiger partial charge in [-0.15, -0.1) is 0 Å². The fourth-order valence-electron chi connectivity index (χ4n) is 4.88. The van der Waals surface area contributed by atoms with Crippen molar-refractivity contribution >= 4 is 5.82 Å². The topological polar surface area (TPSA) is 65.5 Å². The number of hydrogen-bond acceptors (Lipinski definition) is 6. The van der Waals surface area contributed by atoms with Crippen LogP contribution in [0.15, 0.2) is 67.0 Å². The van der Waals surface area contributed by atoms with Crippen LogP contribution >= 0.6 is 0 Å². The first kappa shape index (κ1) is 24.2. The molecule has 1 N–H and O–H groups in total. The smallest absolute Gasteiger partial charge is 0.145 e. The lowest BCUT2D eigenvalue weighted by atomic mass is 9.67. The van der Waals surface area contributed by atoms with E-state index in [9.17, 15) is 0 Å². The van der Waals surface area contributed by atoms with Gasteiger partial charge in [0.1, 0.15) is 18.2 Å². The summed E-state index contributed by atoms with van der Waals surface area (Å²) in [5, 5.41) is 3.52. The van der Waals surface area contributed by atoms with Gasteiger partial charge in [-0.2, -0.15) is 0 Å². The Morgan fingerprint density at radius 3 is 2.68 bits per heavy atom. The molecule has 180 valence electrons. The summed E-state index contributed by atoms with van der Waals surface area (Å²) in [6, 6.07) is 18.8. The fraction of sp³-hybridized carbons (Fsp3) is 0.429. The summed E-state index contributed by atoms with van der Waals surface area (Å²) in [6.45, 7) is 7.04. The molecule has 6 nitrogen and oxygen atoms in total. The maximum atomic E-state index is 6.05. The zero-order chi connectivity index (χ0) is 23.9. The van der Waals surface area contributed by atoms with E-state index in [0.717, 1.165) is 55.2 Å². The van der Waals surface area contributed by atoms with Crippen molar-refractivity contribution in [1.29, 1.82) is 0 Å². The third-order valence-corrected chi connectivity index (χ3v) is 6.45. The van der Waals surface area contributed by atoms with Gasteiger partial charge in [-0.05, 0) is 50.8 Å². The van der Waals surface area contributed by atoms with E-state index in [4.69, 9.17) is 19.2 Å². The minimum atomic E-state index is -0.135. The molecule has 1 atom stereocenters. The standard InChI is InChI=1S/C28H35N3O3/c1-27(2)21-28(13-15-34-27,23-9-5-4-6-10-23)12-14-30-26-20-29-19-25(31-26)22-8-7-11-24(18-22)33-17-16-32-3/h4-11,18-20H,12-17,21H2,1-3H3,(H,30,31). The number of methoxy groups -OCH3 is 1. The van der Waals surface area contributed by atoms with Crippen LogP contribution in [0.3, 0.4) is 0 Å². The number of benzene rings is 2. The molecule has 1 fully saturated rings. The molecule has 0 amide bonds. The van der Waals surface area contributed by atoms with Crippen molar-refractivity contribution in [3.63, 3.8) is 0 Å². The van der Waals surface area contributed by atoms with Crippen LogP contribution in [0.4, 0.5) is 5.82 Å². The second kappa shape index (κ2) is 11.0. The number of hydrogen-bond donors (Lipinski definition) is 1. The van der Waals surface area contributed by atoms with Gasteiger partial charge >= 0.3 is 0 Å². The van der Waals surface area contributed by atoms with Crippen LogP contribution in [0.5, 0.6) is 5.75 Å². The summed E-state index contributed by atoms with van der Waals surface area (Å²) in [5.41, 5.74) is 3.11. The monoisotopic (exact) mass is 461 g/mol. The van der Waals surface area contributed by atoms with Gasteiger partial charge in [-0.3, -0.25) is 4.98 Å². The van der Waals surface area contributed by atoms with Crippen molar-refractivity contribution in [1.82, 2.24) is 9.97 Å². The Morgan fingerprint density at radius 1 is 1.03 bits per heavy atom. The molecule has 4 rings (SSSR count). The summed E-state index contributed by atoms with van der Waals surface area (Å²) >= 11 is 0. The number of nitrogens with one attached hydrogen (secondary N) is 1. The zero-order valence-electron chi connectivity index (χ0n) is 20.4. The maximum Gasteiger partial charge on any atom is 0.145 e. The normalized spacial score (nSPS) is 19.5. The Labute approximate surface area is 202 Å². The van der Waals surface area contributed by atoms with Gasteiger partial charge in [0.25, 0.3) is 0 Å².